The molecule has 1 N–H and O–H groups in total. The molecular weight excluding hydrogens is 214 g/mol. The van der Waals surface area contributed by atoms with Crippen LogP contribution in [0.3, 0.4) is 0 Å². The maximum absolute atomic E-state index is 8.85. The molecule has 0 radical (unpaired) electrons. The quantitative estimate of drug-likeness (QED) is 0.773. The second kappa shape index (κ2) is 7.58. The van der Waals surface area contributed by atoms with Crippen molar-refractivity contribution < 1.29 is 0 Å². The molecule has 0 bridgehead atoms. The van der Waals surface area contributed by atoms with E-state index in [1.165, 1.54) is 6.20 Å². The summed E-state index contributed by atoms with van der Waals surface area (Å²) in [5, 5.41) is 12.0. The van der Waals surface area contributed by atoms with Crippen LogP contribution in [-0.4, -0.2) is 41.0 Å². The number of hydrogen-bond donors (Lipinski definition) is 1. The second-order valence-electron chi connectivity index (χ2n) is 3.73. The first-order valence-electron chi connectivity index (χ1n) is 5.99. The summed E-state index contributed by atoms with van der Waals surface area (Å²) >= 11 is 0. The number of nitrogens with one attached hydrogen (secondary N) is 1. The average Bonchev–Trinajstić information content (AvgIpc) is 2.38. The third kappa shape index (κ3) is 4.37. The fourth-order valence-corrected chi connectivity index (χ4v) is 1.63. The first-order chi connectivity index (χ1) is 8.31. The third-order valence-electron chi connectivity index (χ3n) is 2.51. The standard InChI is InChI=1S/C12H19N5/c1-3-8-17(4-2)9-7-16-12-11(10-13)14-5-6-15-12/h5-6H,3-4,7-9H2,1-2H3,(H,15,16). The normalized spacial score (nSPS) is 10.2. The minimum Gasteiger partial charge on any atom is -0.366 e. The van der Waals surface area contributed by atoms with Crippen LogP contribution in [0.4, 0.5) is 5.82 Å². The Balaban J connectivity index is 2.42. The molecule has 0 atom stereocenters. The summed E-state index contributed by atoms with van der Waals surface area (Å²) in [6.45, 7) is 8.20. The molecule has 5 nitrogen and oxygen atoms in total. The zero-order chi connectivity index (χ0) is 12.5. The smallest absolute Gasteiger partial charge is 0.182 e. The van der Waals surface area contributed by atoms with Crippen LogP contribution in [-0.2, 0) is 0 Å². The lowest BCUT2D eigenvalue weighted by molar-refractivity contribution is 0.300. The van der Waals surface area contributed by atoms with Gasteiger partial charge in [-0.05, 0) is 19.5 Å². The van der Waals surface area contributed by atoms with E-state index in [0.29, 0.717) is 11.5 Å². The molecule has 0 saturated carbocycles. The molecule has 0 unspecified atom stereocenters. The fourth-order valence-electron chi connectivity index (χ4n) is 1.63. The van der Waals surface area contributed by atoms with Gasteiger partial charge < -0.3 is 10.2 Å². The molecule has 5 heteroatoms. The molecule has 1 aromatic heterocycles. The summed E-state index contributed by atoms with van der Waals surface area (Å²) < 4.78 is 0. The van der Waals surface area contributed by atoms with Crippen LogP contribution in [0.25, 0.3) is 0 Å². The molecule has 0 aromatic carbocycles. The van der Waals surface area contributed by atoms with Crippen molar-refractivity contribution in [1.29, 1.82) is 5.26 Å². The highest BCUT2D eigenvalue weighted by atomic mass is 15.1. The average molecular weight is 233 g/mol. The number of aromatic nitrogens is 2. The highest BCUT2D eigenvalue weighted by molar-refractivity contribution is 5.46. The fraction of sp³-hybridized carbons (Fsp3) is 0.583. The van der Waals surface area contributed by atoms with E-state index in [4.69, 9.17) is 5.26 Å². The van der Waals surface area contributed by atoms with E-state index >= 15 is 0 Å². The lowest BCUT2D eigenvalue weighted by Gasteiger charge is -2.19. The summed E-state index contributed by atoms with van der Waals surface area (Å²) in [5.41, 5.74) is 0.353. The van der Waals surface area contributed by atoms with E-state index in [9.17, 15) is 0 Å². The van der Waals surface area contributed by atoms with Gasteiger partial charge in [-0.2, -0.15) is 5.26 Å². The van der Waals surface area contributed by atoms with Gasteiger partial charge in [0.15, 0.2) is 11.5 Å². The molecule has 1 rings (SSSR count). The lowest BCUT2D eigenvalue weighted by Crippen LogP contribution is -2.29. The highest BCUT2D eigenvalue weighted by Gasteiger charge is 2.04. The summed E-state index contributed by atoms with van der Waals surface area (Å²) in [6, 6.07) is 2.02. The van der Waals surface area contributed by atoms with Crippen LogP contribution in [0, 0.1) is 11.3 Å². The van der Waals surface area contributed by atoms with E-state index in [1.54, 1.807) is 6.20 Å². The van der Waals surface area contributed by atoms with Crippen LogP contribution in [0.2, 0.25) is 0 Å². The highest BCUT2D eigenvalue weighted by Crippen LogP contribution is 2.05. The first-order valence-corrected chi connectivity index (χ1v) is 5.99. The molecule has 1 heterocycles. The third-order valence-corrected chi connectivity index (χ3v) is 2.51. The zero-order valence-corrected chi connectivity index (χ0v) is 10.5. The molecule has 0 aliphatic heterocycles. The van der Waals surface area contributed by atoms with Gasteiger partial charge in [0.1, 0.15) is 6.07 Å². The number of nitriles is 1. The molecule has 1 aromatic rings. The van der Waals surface area contributed by atoms with Gasteiger partial charge >= 0.3 is 0 Å². The first kappa shape index (κ1) is 13.4. The number of likely N-dealkylation sites (N-methyl/N-ethyl adjacent to an activating group) is 1. The molecule has 0 amide bonds. The van der Waals surface area contributed by atoms with Gasteiger partial charge in [-0.3, -0.25) is 0 Å². The molecule has 0 aliphatic carbocycles. The van der Waals surface area contributed by atoms with Crippen molar-refractivity contribution in [2.75, 3.05) is 31.5 Å². The maximum Gasteiger partial charge on any atom is 0.182 e. The van der Waals surface area contributed by atoms with Crippen LogP contribution in [0.1, 0.15) is 26.0 Å². The molecule has 0 spiro atoms. The van der Waals surface area contributed by atoms with Crippen molar-refractivity contribution in [3.63, 3.8) is 0 Å². The van der Waals surface area contributed by atoms with E-state index in [-0.39, 0.29) is 0 Å². The summed E-state index contributed by atoms with van der Waals surface area (Å²) in [5.74, 6) is 0.572. The van der Waals surface area contributed by atoms with Crippen LogP contribution >= 0.6 is 0 Å². The minimum atomic E-state index is 0.353. The number of hydrogen-bond acceptors (Lipinski definition) is 5. The van der Waals surface area contributed by atoms with Crippen molar-refractivity contribution >= 4 is 5.82 Å². The van der Waals surface area contributed by atoms with E-state index in [2.05, 4.69) is 34.0 Å². The summed E-state index contributed by atoms with van der Waals surface area (Å²) in [6.07, 6.45) is 4.27. The largest absolute Gasteiger partial charge is 0.366 e. The lowest BCUT2D eigenvalue weighted by atomic mass is 10.4. The Morgan fingerprint density at radius 2 is 2.06 bits per heavy atom. The molecular formula is C12H19N5. The Morgan fingerprint density at radius 1 is 1.29 bits per heavy atom. The summed E-state index contributed by atoms with van der Waals surface area (Å²) in [4.78, 5) is 10.4. The van der Waals surface area contributed by atoms with E-state index in [0.717, 1.165) is 32.6 Å². The van der Waals surface area contributed by atoms with Crippen molar-refractivity contribution in [2.24, 2.45) is 0 Å². The Bertz CT molecular complexity index is 371. The van der Waals surface area contributed by atoms with Crippen LogP contribution in [0.5, 0.6) is 0 Å². The van der Waals surface area contributed by atoms with Gasteiger partial charge in [0, 0.05) is 25.5 Å². The topological polar surface area (TPSA) is 64.8 Å². The monoisotopic (exact) mass is 233 g/mol. The van der Waals surface area contributed by atoms with Gasteiger partial charge in [-0.1, -0.05) is 13.8 Å². The Hall–Kier alpha value is -1.67. The number of rotatable bonds is 7. The Kier molecular flexibility index (Phi) is 5.97. The zero-order valence-electron chi connectivity index (χ0n) is 10.5. The van der Waals surface area contributed by atoms with Crippen molar-refractivity contribution in [3.05, 3.63) is 18.1 Å². The van der Waals surface area contributed by atoms with Crippen molar-refractivity contribution in [1.82, 2.24) is 14.9 Å². The van der Waals surface area contributed by atoms with Crippen molar-refractivity contribution in [3.8, 4) is 6.07 Å². The number of nitrogens with zero attached hydrogens (tertiary/aromatic N) is 4. The van der Waals surface area contributed by atoms with E-state index < -0.39 is 0 Å². The van der Waals surface area contributed by atoms with Crippen LogP contribution in [0.15, 0.2) is 12.4 Å². The predicted molar refractivity (Wildman–Crippen MR) is 67.6 cm³/mol. The van der Waals surface area contributed by atoms with Crippen molar-refractivity contribution in [2.45, 2.75) is 20.3 Å². The molecule has 0 aliphatic rings. The maximum atomic E-state index is 8.85. The Labute approximate surface area is 102 Å². The van der Waals surface area contributed by atoms with Gasteiger partial charge in [-0.15, -0.1) is 0 Å². The number of anilines is 1. The second-order valence-corrected chi connectivity index (χ2v) is 3.73. The minimum absolute atomic E-state index is 0.353. The Morgan fingerprint density at radius 3 is 2.71 bits per heavy atom. The van der Waals surface area contributed by atoms with E-state index in [1.807, 2.05) is 6.07 Å². The molecule has 17 heavy (non-hydrogen) atoms. The molecule has 0 saturated heterocycles. The van der Waals surface area contributed by atoms with Gasteiger partial charge in [0.05, 0.1) is 0 Å². The van der Waals surface area contributed by atoms with Gasteiger partial charge in [-0.25, -0.2) is 9.97 Å². The van der Waals surface area contributed by atoms with Crippen LogP contribution < -0.4 is 5.32 Å². The molecule has 92 valence electrons. The SMILES string of the molecule is CCCN(CC)CCNc1nccnc1C#N. The van der Waals surface area contributed by atoms with Gasteiger partial charge in [0.2, 0.25) is 0 Å². The summed E-state index contributed by atoms with van der Waals surface area (Å²) in [7, 11) is 0. The molecule has 0 fully saturated rings. The van der Waals surface area contributed by atoms with Gasteiger partial charge in [0.25, 0.3) is 0 Å². The predicted octanol–water partition coefficient (Wildman–Crippen LogP) is 1.49.